The van der Waals surface area contributed by atoms with E-state index in [1.165, 1.54) is 72.4 Å². The van der Waals surface area contributed by atoms with Crippen molar-refractivity contribution >= 4 is 34.1 Å². The summed E-state index contributed by atoms with van der Waals surface area (Å²) in [7, 11) is 1.32. The van der Waals surface area contributed by atoms with Crippen LogP contribution in [0.2, 0.25) is 0 Å². The van der Waals surface area contributed by atoms with Crippen molar-refractivity contribution < 1.29 is 14.3 Å². The minimum atomic E-state index is -0.643. The van der Waals surface area contributed by atoms with Crippen LogP contribution in [0.5, 0.6) is 0 Å². The molecular formula is C35H44BrN5O3. The highest BCUT2D eigenvalue weighted by atomic mass is 79.9. The summed E-state index contributed by atoms with van der Waals surface area (Å²) >= 11 is 3.87. The zero-order chi connectivity index (χ0) is 30.6. The molecule has 7 rings (SSSR count). The first kappa shape index (κ1) is 29.8. The number of likely N-dealkylation sites (tertiary alicyclic amines) is 1. The molecule has 44 heavy (non-hydrogen) atoms. The number of carbonyl (C=O) groups excluding carboxylic acids is 2. The van der Waals surface area contributed by atoms with Crippen LogP contribution in [0.25, 0.3) is 11.3 Å². The van der Waals surface area contributed by atoms with E-state index in [0.717, 1.165) is 43.6 Å². The number of hydrogen-bond donors (Lipinski definition) is 2. The van der Waals surface area contributed by atoms with E-state index >= 15 is 0 Å². The lowest BCUT2D eigenvalue weighted by Gasteiger charge is -2.30. The molecule has 1 aromatic carbocycles. The Balaban J connectivity index is 1.15. The minimum absolute atomic E-state index is 0.0646. The van der Waals surface area contributed by atoms with Gasteiger partial charge in [0.25, 0.3) is 0 Å². The molecule has 4 atom stereocenters. The van der Waals surface area contributed by atoms with Crippen LogP contribution in [0.3, 0.4) is 0 Å². The number of nitrogens with one attached hydrogen (secondary N) is 2. The fraction of sp³-hybridized carbons (Fsp3) is 0.600. The van der Waals surface area contributed by atoms with Gasteiger partial charge in [-0.3, -0.25) is 9.79 Å². The number of dihydropyridines is 1. The first-order chi connectivity index (χ1) is 21.3. The van der Waals surface area contributed by atoms with E-state index < -0.39 is 12.1 Å². The number of aromatic nitrogens is 2. The van der Waals surface area contributed by atoms with Gasteiger partial charge in [0.1, 0.15) is 11.9 Å². The Bertz CT molecular complexity index is 1520. The molecule has 5 aliphatic rings. The van der Waals surface area contributed by atoms with Crippen LogP contribution in [0, 0.1) is 17.3 Å². The molecule has 3 heterocycles. The first-order valence-corrected chi connectivity index (χ1v) is 17.3. The molecule has 0 radical (unpaired) electrons. The highest BCUT2D eigenvalue weighted by Gasteiger charge is 2.48. The van der Waals surface area contributed by atoms with E-state index in [9.17, 15) is 9.59 Å². The number of allylic oxidation sites excluding steroid dienone is 1. The maximum absolute atomic E-state index is 13.6. The van der Waals surface area contributed by atoms with Crippen LogP contribution in [0.1, 0.15) is 106 Å². The molecule has 2 aromatic rings. The molecule has 2 amide bonds. The van der Waals surface area contributed by atoms with Crippen LogP contribution >= 0.6 is 15.9 Å². The second-order valence-corrected chi connectivity index (χ2v) is 14.9. The lowest BCUT2D eigenvalue weighted by Crippen LogP contribution is -2.51. The van der Waals surface area contributed by atoms with Gasteiger partial charge in [0.2, 0.25) is 5.91 Å². The fourth-order valence-electron chi connectivity index (χ4n) is 9.00. The number of nitrogens with zero attached hydrogens (tertiary/aromatic N) is 3. The number of benzene rings is 1. The molecule has 1 spiro atoms. The third-order valence-electron chi connectivity index (χ3n) is 11.1. The van der Waals surface area contributed by atoms with Gasteiger partial charge in [-0.15, -0.1) is 0 Å². The summed E-state index contributed by atoms with van der Waals surface area (Å²) in [5, 5.41) is 2.74. The van der Waals surface area contributed by atoms with E-state index in [4.69, 9.17) is 14.7 Å². The maximum atomic E-state index is 13.6. The summed E-state index contributed by atoms with van der Waals surface area (Å²) < 4.78 is 6.01. The second kappa shape index (κ2) is 11.8. The van der Waals surface area contributed by atoms with E-state index in [-0.39, 0.29) is 23.9 Å². The molecule has 2 aliphatic heterocycles. The number of aromatic amines is 1. The molecule has 1 saturated heterocycles. The summed E-state index contributed by atoms with van der Waals surface area (Å²) in [6, 6.07) is 4.04. The third-order valence-corrected chi connectivity index (χ3v) is 11.8. The Hall–Kier alpha value is -2.94. The molecule has 1 aromatic heterocycles. The highest BCUT2D eigenvalue weighted by Crippen LogP contribution is 2.60. The number of amides is 2. The number of aliphatic imine (C=N–C) groups is 1. The van der Waals surface area contributed by atoms with Gasteiger partial charge in [-0.1, -0.05) is 38.8 Å². The van der Waals surface area contributed by atoms with E-state index in [1.807, 2.05) is 24.9 Å². The third kappa shape index (κ3) is 5.13. The zero-order valence-electron chi connectivity index (χ0n) is 26.1. The molecule has 0 bridgehead atoms. The van der Waals surface area contributed by atoms with Crippen LogP contribution in [0.4, 0.5) is 4.79 Å². The molecule has 9 heteroatoms. The zero-order valence-corrected chi connectivity index (χ0v) is 27.7. The van der Waals surface area contributed by atoms with Crippen molar-refractivity contribution in [2.45, 2.75) is 103 Å². The Labute approximate surface area is 268 Å². The largest absolute Gasteiger partial charge is 0.453 e. The van der Waals surface area contributed by atoms with Gasteiger partial charge in [-0.2, -0.15) is 0 Å². The number of alkyl carbamates (subject to hydrolysis) is 1. The number of ether oxygens (including phenoxy) is 1. The number of carbonyl (C=O) groups is 2. The van der Waals surface area contributed by atoms with E-state index in [0.29, 0.717) is 17.9 Å². The van der Waals surface area contributed by atoms with Crippen LogP contribution in [-0.4, -0.2) is 52.8 Å². The number of halogens is 1. The molecule has 3 aliphatic carbocycles. The average molecular weight is 663 g/mol. The lowest BCUT2D eigenvalue weighted by atomic mass is 9.80. The van der Waals surface area contributed by atoms with E-state index in [2.05, 4.69) is 44.6 Å². The molecule has 234 valence electrons. The predicted molar refractivity (Wildman–Crippen MR) is 175 cm³/mol. The Morgan fingerprint density at radius 3 is 2.70 bits per heavy atom. The van der Waals surface area contributed by atoms with Crippen molar-refractivity contribution in [1.82, 2.24) is 20.2 Å². The normalized spacial score (nSPS) is 26.0. The topological polar surface area (TPSA) is 99.7 Å². The monoisotopic (exact) mass is 661 g/mol. The molecule has 4 unspecified atom stereocenters. The number of hydrogen-bond acceptors (Lipinski definition) is 5. The summed E-state index contributed by atoms with van der Waals surface area (Å²) in [5.41, 5.74) is 8.64. The van der Waals surface area contributed by atoms with Gasteiger partial charge in [0.15, 0.2) is 0 Å². The summed E-state index contributed by atoms with van der Waals surface area (Å²) in [6.45, 7) is 4.52. The number of rotatable bonds is 6. The van der Waals surface area contributed by atoms with Crippen molar-refractivity contribution in [3.05, 3.63) is 50.9 Å². The number of imidazole rings is 1. The average Bonchev–Trinajstić information content (AvgIpc) is 3.85. The molecule has 2 N–H and O–H groups in total. The number of H-pyrrole nitrogens is 1. The van der Waals surface area contributed by atoms with Gasteiger partial charge in [-0.05, 0) is 107 Å². The number of fused-ring (bicyclic) bond motifs is 2. The van der Waals surface area contributed by atoms with Gasteiger partial charge in [-0.25, -0.2) is 9.78 Å². The van der Waals surface area contributed by atoms with Crippen LogP contribution in [0.15, 0.2) is 33.4 Å². The molecular weight excluding hydrogens is 618 g/mol. The van der Waals surface area contributed by atoms with Gasteiger partial charge < -0.3 is 19.9 Å². The Kier molecular flexibility index (Phi) is 7.96. The Morgan fingerprint density at radius 1 is 1.14 bits per heavy atom. The van der Waals surface area contributed by atoms with Crippen molar-refractivity contribution in [2.24, 2.45) is 22.2 Å². The summed E-state index contributed by atoms with van der Waals surface area (Å²) in [4.78, 5) is 41.1. The molecule has 8 nitrogen and oxygen atoms in total. The highest BCUT2D eigenvalue weighted by molar-refractivity contribution is 9.12. The molecule has 3 fully saturated rings. The first-order valence-electron chi connectivity index (χ1n) is 16.5. The maximum Gasteiger partial charge on any atom is 0.407 e. The minimum Gasteiger partial charge on any atom is -0.453 e. The van der Waals surface area contributed by atoms with Crippen molar-refractivity contribution in [3.8, 4) is 11.3 Å². The fourth-order valence-corrected chi connectivity index (χ4v) is 9.55. The summed E-state index contributed by atoms with van der Waals surface area (Å²) in [5.74, 6) is 1.16. The Morgan fingerprint density at radius 2 is 1.93 bits per heavy atom. The second-order valence-electron chi connectivity index (χ2n) is 14.0. The summed E-state index contributed by atoms with van der Waals surface area (Å²) in [6.07, 6.45) is 16.5. The van der Waals surface area contributed by atoms with Gasteiger partial charge >= 0.3 is 6.09 Å². The number of methoxy groups -OCH3 is 1. The van der Waals surface area contributed by atoms with Crippen molar-refractivity contribution in [2.75, 3.05) is 13.7 Å². The van der Waals surface area contributed by atoms with Gasteiger partial charge in [0.05, 0.1) is 31.1 Å². The quantitative estimate of drug-likeness (QED) is 0.338. The SMILES string of the molecule is COC(=O)NC(C(=O)N1CCCC1c1ncc(-c2ccc(C3N=CC(Br)=C4CC5(CCCC5)CC43)c3c2CCC3)[nH]1)C(C)C. The van der Waals surface area contributed by atoms with E-state index in [1.54, 1.807) is 5.57 Å². The molecule has 2 saturated carbocycles. The smallest absolute Gasteiger partial charge is 0.407 e. The van der Waals surface area contributed by atoms with Crippen molar-refractivity contribution in [3.63, 3.8) is 0 Å². The van der Waals surface area contributed by atoms with Crippen molar-refractivity contribution in [1.29, 1.82) is 0 Å². The van der Waals surface area contributed by atoms with Gasteiger partial charge in [0, 0.05) is 28.7 Å². The van der Waals surface area contributed by atoms with Crippen LogP contribution < -0.4 is 5.32 Å². The predicted octanol–water partition coefficient (Wildman–Crippen LogP) is 7.35. The lowest BCUT2D eigenvalue weighted by molar-refractivity contribution is -0.135. The van der Waals surface area contributed by atoms with Crippen LogP contribution in [-0.2, 0) is 22.4 Å². The standard InChI is InChI=1S/C35H44BrN5O3/c1-20(2)30(40-34(43)44-3)33(42)41-15-7-10-29(41)32-38-19-28(39-32)23-11-12-24(22-9-6-8-21(22)23)31-26-17-35(13-4-5-14-35)16-25(26)27(36)18-37-31/h11-12,18-20,26,29-31H,4-10,13-17H2,1-3H3,(H,38,39)(H,40,43).